The molecule has 0 fully saturated rings. The van der Waals surface area contributed by atoms with Crippen molar-refractivity contribution in [3.05, 3.63) is 48.7 Å². The number of carboxylic acid groups (broad SMARTS) is 1. The fraction of sp³-hybridized carbons (Fsp3) is 0.0909. The van der Waals surface area contributed by atoms with E-state index in [1.54, 1.807) is 0 Å². The molecule has 0 spiro atoms. The number of aromatic carboxylic acids is 1. The second kappa shape index (κ2) is 5.97. The molecule has 0 aliphatic carbocycles. The Hall–Kier alpha value is -2.00. The van der Waals surface area contributed by atoms with E-state index in [0.29, 0.717) is 6.54 Å². The van der Waals surface area contributed by atoms with Gasteiger partial charge in [0.25, 0.3) is 0 Å². The van der Waals surface area contributed by atoms with E-state index in [4.69, 9.17) is 5.11 Å². The Balaban J connectivity index is 2.18. The number of halogens is 1. The Morgan fingerprint density at radius 2 is 2.30 bits per heavy atom. The Morgan fingerprint density at radius 3 is 2.85 bits per heavy atom. The van der Waals surface area contributed by atoms with Crippen molar-refractivity contribution in [3.8, 4) is 0 Å². The Labute approximate surface area is 125 Å². The summed E-state index contributed by atoms with van der Waals surface area (Å²) >= 11 is 4.86. The van der Waals surface area contributed by atoms with E-state index in [1.807, 2.05) is 12.1 Å². The Bertz CT molecular complexity index is 673. The van der Waals surface area contributed by atoms with Gasteiger partial charge in [-0.2, -0.15) is 0 Å². The first-order chi connectivity index (χ1) is 9.47. The van der Waals surface area contributed by atoms with Gasteiger partial charge < -0.3 is 10.4 Å². The highest BCUT2D eigenvalue weighted by Crippen LogP contribution is 2.24. The van der Waals surface area contributed by atoms with E-state index in [9.17, 15) is 14.9 Å². The number of anilines is 1. The van der Waals surface area contributed by atoms with Crippen LogP contribution in [0.3, 0.4) is 0 Å². The van der Waals surface area contributed by atoms with E-state index in [1.165, 1.54) is 11.3 Å². The minimum absolute atomic E-state index is 0.275. The van der Waals surface area contributed by atoms with Crippen LogP contribution in [0.5, 0.6) is 0 Å². The van der Waals surface area contributed by atoms with E-state index >= 15 is 0 Å². The molecule has 2 heterocycles. The van der Waals surface area contributed by atoms with Gasteiger partial charge in [-0.05, 0) is 28.1 Å². The van der Waals surface area contributed by atoms with Crippen molar-refractivity contribution in [1.82, 2.24) is 4.98 Å². The van der Waals surface area contributed by atoms with Crippen LogP contribution in [0.4, 0.5) is 11.5 Å². The quantitative estimate of drug-likeness (QED) is 0.628. The van der Waals surface area contributed by atoms with Crippen molar-refractivity contribution in [3.63, 3.8) is 0 Å². The average Bonchev–Trinajstić information content (AvgIpc) is 2.81. The van der Waals surface area contributed by atoms with Crippen molar-refractivity contribution >= 4 is 44.7 Å². The van der Waals surface area contributed by atoms with Crippen LogP contribution in [-0.4, -0.2) is 21.0 Å². The second-order valence-electron chi connectivity index (χ2n) is 3.71. The van der Waals surface area contributed by atoms with Crippen LogP contribution < -0.4 is 5.32 Å². The molecule has 0 radical (unpaired) electrons. The summed E-state index contributed by atoms with van der Waals surface area (Å²) < 4.78 is 0.984. The lowest BCUT2D eigenvalue weighted by Crippen LogP contribution is -2.06. The van der Waals surface area contributed by atoms with Crippen molar-refractivity contribution in [2.45, 2.75) is 6.54 Å². The van der Waals surface area contributed by atoms with Gasteiger partial charge in [0.1, 0.15) is 17.6 Å². The third-order valence-corrected chi connectivity index (χ3v) is 4.01. The van der Waals surface area contributed by atoms with Crippen LogP contribution in [0.2, 0.25) is 0 Å². The van der Waals surface area contributed by atoms with Crippen LogP contribution in [-0.2, 0) is 6.54 Å². The highest BCUT2D eigenvalue weighted by molar-refractivity contribution is 9.11. The number of nitro groups is 1. The first-order valence-corrected chi connectivity index (χ1v) is 6.94. The number of hydrogen-bond acceptors (Lipinski definition) is 6. The number of carboxylic acids is 1. The molecule has 0 amide bonds. The van der Waals surface area contributed by atoms with Gasteiger partial charge in [0.15, 0.2) is 0 Å². The number of hydrogen-bond donors (Lipinski definition) is 2. The summed E-state index contributed by atoms with van der Waals surface area (Å²) in [5.41, 5.74) is -0.915. The average molecular weight is 358 g/mol. The number of thiophene rings is 1. The summed E-state index contributed by atoms with van der Waals surface area (Å²) in [6.07, 6.45) is 0.941. The minimum atomic E-state index is -1.36. The fourth-order valence-corrected chi connectivity index (χ4v) is 2.91. The van der Waals surface area contributed by atoms with Crippen LogP contribution >= 0.6 is 27.3 Å². The normalized spacial score (nSPS) is 10.2. The smallest absolute Gasteiger partial charge is 0.342 e. The molecule has 0 aromatic carbocycles. The zero-order chi connectivity index (χ0) is 14.7. The van der Waals surface area contributed by atoms with Gasteiger partial charge in [-0.25, -0.2) is 9.78 Å². The molecule has 2 aromatic rings. The van der Waals surface area contributed by atoms with Crippen molar-refractivity contribution in [2.75, 3.05) is 5.32 Å². The molecule has 0 unspecified atom stereocenters. The highest BCUT2D eigenvalue weighted by atomic mass is 79.9. The molecular weight excluding hydrogens is 350 g/mol. The first kappa shape index (κ1) is 14.4. The van der Waals surface area contributed by atoms with Gasteiger partial charge in [0.2, 0.25) is 0 Å². The van der Waals surface area contributed by atoms with Gasteiger partial charge in [-0.15, -0.1) is 11.3 Å². The largest absolute Gasteiger partial charge is 0.477 e. The maximum absolute atomic E-state index is 11.0. The molecule has 0 saturated heterocycles. The summed E-state index contributed by atoms with van der Waals surface area (Å²) in [6, 6.07) is 4.96. The Kier molecular flexibility index (Phi) is 4.30. The van der Waals surface area contributed by atoms with Crippen molar-refractivity contribution < 1.29 is 14.8 Å². The number of nitrogens with zero attached hydrogens (tertiary/aromatic N) is 2. The molecule has 7 nitrogen and oxygen atoms in total. The second-order valence-corrected chi connectivity index (χ2v) is 6.26. The van der Waals surface area contributed by atoms with E-state index in [2.05, 4.69) is 26.2 Å². The summed E-state index contributed by atoms with van der Waals surface area (Å²) in [5.74, 6) is -1.08. The first-order valence-electron chi connectivity index (χ1n) is 5.33. The number of carbonyl (C=O) groups is 1. The monoisotopic (exact) mass is 357 g/mol. The molecule has 20 heavy (non-hydrogen) atoms. The molecule has 2 N–H and O–H groups in total. The highest BCUT2D eigenvalue weighted by Gasteiger charge is 2.20. The topological polar surface area (TPSA) is 105 Å². The third kappa shape index (κ3) is 3.31. The van der Waals surface area contributed by atoms with Gasteiger partial charge in [0, 0.05) is 10.9 Å². The lowest BCUT2D eigenvalue weighted by Gasteiger charge is -2.05. The van der Waals surface area contributed by atoms with E-state index < -0.39 is 16.6 Å². The minimum Gasteiger partial charge on any atom is -0.477 e. The van der Waals surface area contributed by atoms with Crippen LogP contribution in [0.15, 0.2) is 28.2 Å². The SMILES string of the molecule is O=C(O)c1cc(NCc2ccc(Br)s2)ncc1[N+](=O)[O-]. The standard InChI is InChI=1S/C11H8BrN3O4S/c12-9-2-1-6(20-9)4-13-10-3-7(11(16)17)8(5-14-10)15(18)19/h1-3,5H,4H2,(H,13,14)(H,16,17). The van der Waals surface area contributed by atoms with Gasteiger partial charge in [0.05, 0.1) is 15.3 Å². The van der Waals surface area contributed by atoms with Gasteiger partial charge >= 0.3 is 11.7 Å². The molecule has 0 aliphatic rings. The zero-order valence-electron chi connectivity index (χ0n) is 9.87. The third-order valence-electron chi connectivity index (χ3n) is 2.38. The predicted molar refractivity (Wildman–Crippen MR) is 77.2 cm³/mol. The lowest BCUT2D eigenvalue weighted by atomic mass is 10.2. The summed E-state index contributed by atoms with van der Waals surface area (Å²) in [6.45, 7) is 0.458. The number of rotatable bonds is 5. The summed E-state index contributed by atoms with van der Waals surface area (Å²) in [5, 5.41) is 22.6. The maximum atomic E-state index is 11.0. The molecular formula is C11H8BrN3O4S. The summed E-state index contributed by atoms with van der Waals surface area (Å²) in [4.78, 5) is 25.8. The molecule has 0 bridgehead atoms. The van der Waals surface area contributed by atoms with Crippen molar-refractivity contribution in [2.24, 2.45) is 0 Å². The molecule has 104 valence electrons. The van der Waals surface area contributed by atoms with Crippen molar-refractivity contribution in [1.29, 1.82) is 0 Å². The molecule has 0 aliphatic heterocycles. The molecule has 2 rings (SSSR count). The van der Waals surface area contributed by atoms with Gasteiger partial charge in [-0.3, -0.25) is 10.1 Å². The number of pyridine rings is 1. The maximum Gasteiger partial charge on any atom is 0.342 e. The van der Waals surface area contributed by atoms with Crippen LogP contribution in [0.25, 0.3) is 0 Å². The predicted octanol–water partition coefficient (Wildman–Crippen LogP) is 3.12. The molecule has 9 heteroatoms. The number of nitrogens with one attached hydrogen (secondary N) is 1. The molecule has 2 aromatic heterocycles. The summed E-state index contributed by atoms with van der Waals surface area (Å²) in [7, 11) is 0. The van der Waals surface area contributed by atoms with E-state index in [0.717, 1.165) is 20.9 Å². The zero-order valence-corrected chi connectivity index (χ0v) is 12.3. The lowest BCUT2D eigenvalue weighted by molar-refractivity contribution is -0.385. The number of aromatic nitrogens is 1. The molecule has 0 saturated carbocycles. The fourth-order valence-electron chi connectivity index (χ4n) is 1.49. The van der Waals surface area contributed by atoms with Gasteiger partial charge in [-0.1, -0.05) is 0 Å². The van der Waals surface area contributed by atoms with Crippen LogP contribution in [0.1, 0.15) is 15.2 Å². The van der Waals surface area contributed by atoms with E-state index in [-0.39, 0.29) is 11.4 Å². The Morgan fingerprint density at radius 1 is 1.55 bits per heavy atom. The molecule has 0 atom stereocenters. The van der Waals surface area contributed by atoms with Crippen LogP contribution in [0, 0.1) is 10.1 Å².